The van der Waals surface area contributed by atoms with Gasteiger partial charge in [-0.05, 0) is 11.6 Å². The third-order valence-electron chi connectivity index (χ3n) is 2.81. The number of aliphatic hydroxyl groups is 1. The lowest BCUT2D eigenvalue weighted by molar-refractivity contribution is -0.142. The Morgan fingerprint density at radius 2 is 2.35 bits per heavy atom. The number of carboxylic acids is 1. The van der Waals surface area contributed by atoms with Gasteiger partial charge in [0.25, 0.3) is 0 Å². The maximum absolute atomic E-state index is 12.9. The third-order valence-corrected chi connectivity index (χ3v) is 2.81. The van der Waals surface area contributed by atoms with Crippen molar-refractivity contribution in [3.8, 4) is 0 Å². The highest BCUT2D eigenvalue weighted by molar-refractivity contribution is 5.74. The normalized spacial score (nSPS) is 25.1. The number of carboxylic acid groups (broad SMARTS) is 1. The molecule has 2 heterocycles. The van der Waals surface area contributed by atoms with Gasteiger partial charge in [-0.25, -0.2) is 4.39 Å². The highest BCUT2D eigenvalue weighted by Gasteiger charge is 2.35. The van der Waals surface area contributed by atoms with Crippen LogP contribution in [0.1, 0.15) is 12.0 Å². The highest BCUT2D eigenvalue weighted by Crippen LogP contribution is 2.20. The van der Waals surface area contributed by atoms with E-state index in [2.05, 4.69) is 4.98 Å². The number of aliphatic hydroxyl groups excluding tert-OH is 1. The van der Waals surface area contributed by atoms with Crippen LogP contribution in [-0.2, 0) is 11.3 Å². The molecule has 2 N–H and O–H groups in total. The molecule has 6 heteroatoms. The largest absolute Gasteiger partial charge is 0.480 e. The molecule has 2 unspecified atom stereocenters. The van der Waals surface area contributed by atoms with Crippen LogP contribution in [0.2, 0.25) is 0 Å². The van der Waals surface area contributed by atoms with E-state index in [1.54, 1.807) is 4.90 Å². The summed E-state index contributed by atoms with van der Waals surface area (Å²) < 4.78 is 12.9. The highest BCUT2D eigenvalue weighted by atomic mass is 19.1. The SMILES string of the molecule is O=C(O)C1CC(O)CN1Cc1cncc(F)c1. The Labute approximate surface area is 97.5 Å². The Kier molecular flexibility index (Phi) is 3.35. The summed E-state index contributed by atoms with van der Waals surface area (Å²) >= 11 is 0. The van der Waals surface area contributed by atoms with Crippen molar-refractivity contribution in [3.63, 3.8) is 0 Å². The Morgan fingerprint density at radius 1 is 1.59 bits per heavy atom. The minimum Gasteiger partial charge on any atom is -0.480 e. The van der Waals surface area contributed by atoms with Gasteiger partial charge in [0.1, 0.15) is 11.9 Å². The first-order valence-electron chi connectivity index (χ1n) is 5.30. The van der Waals surface area contributed by atoms with Crippen LogP contribution in [0, 0.1) is 5.82 Å². The van der Waals surface area contributed by atoms with Crippen molar-refractivity contribution in [1.82, 2.24) is 9.88 Å². The first kappa shape index (κ1) is 11.9. The summed E-state index contributed by atoms with van der Waals surface area (Å²) in [6.45, 7) is 0.562. The standard InChI is InChI=1S/C11H13FN2O3/c12-8-1-7(3-13-4-8)5-14-6-9(15)2-10(14)11(16)17/h1,3-4,9-10,15H,2,5-6H2,(H,16,17). The zero-order valence-corrected chi connectivity index (χ0v) is 9.08. The van der Waals surface area contributed by atoms with E-state index in [0.717, 1.165) is 6.20 Å². The van der Waals surface area contributed by atoms with E-state index in [0.29, 0.717) is 5.56 Å². The zero-order valence-electron chi connectivity index (χ0n) is 9.08. The summed E-state index contributed by atoms with van der Waals surface area (Å²) in [5.41, 5.74) is 0.602. The Balaban J connectivity index is 2.09. The molecule has 92 valence electrons. The lowest BCUT2D eigenvalue weighted by Gasteiger charge is -2.20. The Hall–Kier alpha value is -1.53. The van der Waals surface area contributed by atoms with Gasteiger partial charge in [-0.15, -0.1) is 0 Å². The molecule has 0 aromatic carbocycles. The van der Waals surface area contributed by atoms with Gasteiger partial charge in [0, 0.05) is 25.7 Å². The molecule has 5 nitrogen and oxygen atoms in total. The minimum atomic E-state index is -0.967. The van der Waals surface area contributed by atoms with Crippen molar-refractivity contribution < 1.29 is 19.4 Å². The molecule has 1 aromatic heterocycles. The second kappa shape index (κ2) is 4.77. The topological polar surface area (TPSA) is 73.7 Å². The summed E-state index contributed by atoms with van der Waals surface area (Å²) in [5, 5.41) is 18.4. The molecule has 0 aliphatic carbocycles. The number of hydrogen-bond donors (Lipinski definition) is 2. The van der Waals surface area contributed by atoms with Gasteiger partial charge < -0.3 is 10.2 Å². The number of halogens is 1. The molecule has 2 rings (SSSR count). The molecule has 17 heavy (non-hydrogen) atoms. The van der Waals surface area contributed by atoms with Crippen LogP contribution in [0.5, 0.6) is 0 Å². The molecule has 0 bridgehead atoms. The molecule has 1 fully saturated rings. The maximum atomic E-state index is 12.9. The molecule has 1 aliphatic rings. The quantitative estimate of drug-likeness (QED) is 0.791. The fourth-order valence-corrected chi connectivity index (χ4v) is 2.09. The smallest absolute Gasteiger partial charge is 0.321 e. The van der Waals surface area contributed by atoms with E-state index in [1.165, 1.54) is 12.3 Å². The van der Waals surface area contributed by atoms with Crippen LogP contribution in [0.25, 0.3) is 0 Å². The van der Waals surface area contributed by atoms with Gasteiger partial charge in [-0.1, -0.05) is 0 Å². The fraction of sp³-hybridized carbons (Fsp3) is 0.455. The van der Waals surface area contributed by atoms with E-state index in [9.17, 15) is 14.3 Å². The lowest BCUT2D eigenvalue weighted by atomic mass is 10.2. The molecule has 0 radical (unpaired) electrons. The summed E-state index contributed by atoms with van der Waals surface area (Å²) in [6.07, 6.45) is 2.15. The molecule has 1 aliphatic heterocycles. The van der Waals surface area contributed by atoms with E-state index >= 15 is 0 Å². The van der Waals surface area contributed by atoms with Gasteiger partial charge in [0.15, 0.2) is 0 Å². The number of pyridine rings is 1. The maximum Gasteiger partial charge on any atom is 0.321 e. The summed E-state index contributed by atoms with van der Waals surface area (Å²) in [7, 11) is 0. The monoisotopic (exact) mass is 240 g/mol. The van der Waals surface area contributed by atoms with Gasteiger partial charge >= 0.3 is 5.97 Å². The summed E-state index contributed by atoms with van der Waals surface area (Å²) in [5.74, 6) is -1.42. The molecular formula is C11H13FN2O3. The van der Waals surface area contributed by atoms with Crippen LogP contribution in [0.4, 0.5) is 4.39 Å². The van der Waals surface area contributed by atoms with Gasteiger partial charge in [0.05, 0.1) is 12.3 Å². The third kappa shape index (κ3) is 2.78. The van der Waals surface area contributed by atoms with Crippen LogP contribution in [0.15, 0.2) is 18.5 Å². The van der Waals surface area contributed by atoms with Gasteiger partial charge in [-0.2, -0.15) is 0 Å². The molecule has 2 atom stereocenters. The van der Waals surface area contributed by atoms with Crippen LogP contribution < -0.4 is 0 Å². The van der Waals surface area contributed by atoms with Crippen LogP contribution in [-0.4, -0.2) is 44.8 Å². The number of likely N-dealkylation sites (tertiary alicyclic amines) is 1. The van der Waals surface area contributed by atoms with Gasteiger partial charge in [-0.3, -0.25) is 14.7 Å². The second-order valence-electron chi connectivity index (χ2n) is 4.18. The Morgan fingerprint density at radius 3 is 3.00 bits per heavy atom. The summed E-state index contributed by atoms with van der Waals surface area (Å²) in [6, 6.07) is 0.602. The predicted molar refractivity (Wildman–Crippen MR) is 56.7 cm³/mol. The van der Waals surface area contributed by atoms with Crippen molar-refractivity contribution in [2.45, 2.75) is 25.1 Å². The fourth-order valence-electron chi connectivity index (χ4n) is 2.09. The average molecular weight is 240 g/mol. The minimum absolute atomic E-state index is 0.206. The van der Waals surface area contributed by atoms with Crippen LogP contribution >= 0.6 is 0 Å². The number of rotatable bonds is 3. The first-order valence-corrected chi connectivity index (χ1v) is 5.30. The van der Waals surface area contributed by atoms with Crippen molar-refractivity contribution in [2.24, 2.45) is 0 Å². The number of aliphatic carboxylic acids is 1. The number of carbonyl (C=O) groups is 1. The number of aromatic nitrogens is 1. The van der Waals surface area contributed by atoms with Crippen molar-refractivity contribution >= 4 is 5.97 Å². The molecule has 1 aromatic rings. The zero-order chi connectivity index (χ0) is 12.4. The Bertz CT molecular complexity index is 427. The summed E-state index contributed by atoms with van der Waals surface area (Å²) in [4.78, 5) is 16.3. The molecular weight excluding hydrogens is 227 g/mol. The van der Waals surface area contributed by atoms with E-state index in [-0.39, 0.29) is 19.5 Å². The molecule has 0 spiro atoms. The lowest BCUT2D eigenvalue weighted by Crippen LogP contribution is -2.35. The first-order chi connectivity index (χ1) is 8.06. The van der Waals surface area contributed by atoms with Crippen molar-refractivity contribution in [2.75, 3.05) is 6.54 Å². The number of hydrogen-bond acceptors (Lipinski definition) is 4. The number of β-amino-alcohol motifs (C(OH)–C–C–N with tert-alkyl or cyclic N) is 1. The molecule has 0 saturated carbocycles. The van der Waals surface area contributed by atoms with E-state index in [1.807, 2.05) is 0 Å². The second-order valence-corrected chi connectivity index (χ2v) is 4.18. The number of nitrogens with zero attached hydrogens (tertiary/aromatic N) is 2. The van der Waals surface area contributed by atoms with E-state index in [4.69, 9.17) is 5.11 Å². The molecule has 1 saturated heterocycles. The van der Waals surface area contributed by atoms with Crippen molar-refractivity contribution in [3.05, 3.63) is 29.8 Å². The van der Waals surface area contributed by atoms with Gasteiger partial charge in [0.2, 0.25) is 0 Å². The predicted octanol–water partition coefficient (Wildman–Crippen LogP) is 0.240. The van der Waals surface area contributed by atoms with Crippen molar-refractivity contribution in [1.29, 1.82) is 0 Å². The molecule has 0 amide bonds. The van der Waals surface area contributed by atoms with E-state index < -0.39 is 23.9 Å². The average Bonchev–Trinajstić information content (AvgIpc) is 2.59. The van der Waals surface area contributed by atoms with Crippen LogP contribution in [0.3, 0.4) is 0 Å².